The molecule has 112 valence electrons. The number of carbonyl (C=O) groups excluding carboxylic acids is 2. The molecule has 1 N–H and O–H groups in total. The van der Waals surface area contributed by atoms with Crippen molar-refractivity contribution in [3.05, 3.63) is 71.9 Å². The Labute approximate surface area is 132 Å². The van der Waals surface area contributed by atoms with Crippen LogP contribution >= 0.6 is 0 Å². The van der Waals surface area contributed by atoms with E-state index in [-0.39, 0.29) is 18.2 Å². The number of amides is 2. The Morgan fingerprint density at radius 1 is 0.957 bits per heavy atom. The first-order chi connectivity index (χ1) is 11.2. The summed E-state index contributed by atoms with van der Waals surface area (Å²) in [4.78, 5) is 29.2. The van der Waals surface area contributed by atoms with Gasteiger partial charge in [-0.05, 0) is 35.9 Å². The Kier molecular flexibility index (Phi) is 3.05. The molecule has 1 aliphatic rings. The Hall–Kier alpha value is -3.21. The molecule has 1 aromatic heterocycles. The molecule has 4 rings (SSSR count). The second kappa shape index (κ2) is 5.21. The zero-order chi connectivity index (χ0) is 15.8. The molecule has 0 unspecified atom stereocenters. The molecule has 0 saturated heterocycles. The number of carbonyl (C=O) groups is 2. The molecule has 2 aromatic carbocycles. The summed E-state index contributed by atoms with van der Waals surface area (Å²) in [6, 6.07) is 16.4. The molecule has 5 heteroatoms. The minimum Gasteiger partial charge on any atom is -0.288 e. The van der Waals surface area contributed by atoms with Gasteiger partial charge in [-0.3, -0.25) is 20.0 Å². The first kappa shape index (κ1) is 13.5. The Morgan fingerprint density at radius 2 is 1.83 bits per heavy atom. The molecule has 5 nitrogen and oxygen atoms in total. The molecule has 1 aliphatic heterocycles. The minimum atomic E-state index is -0.335. The van der Waals surface area contributed by atoms with Gasteiger partial charge in [0.25, 0.3) is 11.8 Å². The number of rotatable bonds is 2. The van der Waals surface area contributed by atoms with Crippen LogP contribution in [-0.2, 0) is 11.2 Å². The van der Waals surface area contributed by atoms with Gasteiger partial charge in [-0.15, -0.1) is 0 Å². The number of benzene rings is 2. The molecule has 0 radical (unpaired) electrons. The van der Waals surface area contributed by atoms with Gasteiger partial charge in [0.05, 0.1) is 17.6 Å². The van der Waals surface area contributed by atoms with Crippen LogP contribution in [0.25, 0.3) is 10.9 Å². The minimum absolute atomic E-state index is 0.206. The molecule has 0 spiro atoms. The standard InChI is InChI=1S/C18H13N3O2/c22-17-11-12-5-1-2-6-13(12)18(23)21(17)20-16-9-3-8-15-14(16)7-4-10-19-15/h1-10,20H,11H2. The number of aromatic nitrogens is 1. The van der Waals surface area contributed by atoms with Crippen LogP contribution in [0.2, 0.25) is 0 Å². The molecule has 2 heterocycles. The fourth-order valence-electron chi connectivity index (χ4n) is 2.79. The molecule has 0 bridgehead atoms. The van der Waals surface area contributed by atoms with Crippen molar-refractivity contribution in [1.82, 2.24) is 9.99 Å². The van der Waals surface area contributed by atoms with Crippen LogP contribution in [-0.4, -0.2) is 21.8 Å². The van der Waals surface area contributed by atoms with Crippen molar-refractivity contribution in [2.24, 2.45) is 0 Å². The lowest BCUT2D eigenvalue weighted by atomic mass is 10.00. The van der Waals surface area contributed by atoms with Crippen LogP contribution in [0.1, 0.15) is 15.9 Å². The number of anilines is 1. The summed E-state index contributed by atoms with van der Waals surface area (Å²) in [5, 5.41) is 1.94. The number of hydrazine groups is 1. The highest BCUT2D eigenvalue weighted by Crippen LogP contribution is 2.25. The summed E-state index contributed by atoms with van der Waals surface area (Å²) in [5.41, 5.74) is 5.75. The second-order valence-electron chi connectivity index (χ2n) is 5.36. The highest BCUT2D eigenvalue weighted by Gasteiger charge is 2.31. The van der Waals surface area contributed by atoms with E-state index in [4.69, 9.17) is 0 Å². The number of hydrogen-bond donors (Lipinski definition) is 1. The molecule has 0 aliphatic carbocycles. The Bertz CT molecular complexity index is 931. The van der Waals surface area contributed by atoms with E-state index in [2.05, 4.69) is 10.4 Å². The zero-order valence-electron chi connectivity index (χ0n) is 12.2. The van der Waals surface area contributed by atoms with E-state index < -0.39 is 0 Å². The average Bonchev–Trinajstić information content (AvgIpc) is 2.59. The molecular weight excluding hydrogens is 290 g/mol. The van der Waals surface area contributed by atoms with Gasteiger partial charge in [-0.25, -0.2) is 0 Å². The van der Waals surface area contributed by atoms with E-state index in [9.17, 15) is 9.59 Å². The number of pyridine rings is 1. The average molecular weight is 303 g/mol. The van der Waals surface area contributed by atoms with Gasteiger partial charge in [-0.2, -0.15) is 5.01 Å². The normalized spacial score (nSPS) is 14.0. The highest BCUT2D eigenvalue weighted by atomic mass is 16.2. The zero-order valence-corrected chi connectivity index (χ0v) is 12.2. The van der Waals surface area contributed by atoms with Crippen molar-refractivity contribution in [1.29, 1.82) is 0 Å². The SMILES string of the molecule is O=C1Cc2ccccc2C(=O)N1Nc1cccc2ncccc12. The Morgan fingerprint density at radius 3 is 2.74 bits per heavy atom. The first-order valence-electron chi connectivity index (χ1n) is 7.29. The van der Waals surface area contributed by atoms with Crippen LogP contribution < -0.4 is 5.43 Å². The van der Waals surface area contributed by atoms with E-state index in [0.717, 1.165) is 21.5 Å². The lowest BCUT2D eigenvalue weighted by molar-refractivity contribution is -0.127. The fourth-order valence-corrected chi connectivity index (χ4v) is 2.79. The molecule has 0 saturated carbocycles. The summed E-state index contributed by atoms with van der Waals surface area (Å²) in [5.74, 6) is -0.604. The second-order valence-corrected chi connectivity index (χ2v) is 5.36. The van der Waals surface area contributed by atoms with E-state index in [1.165, 1.54) is 0 Å². The number of fused-ring (bicyclic) bond motifs is 2. The van der Waals surface area contributed by atoms with Crippen LogP contribution in [0.4, 0.5) is 5.69 Å². The molecule has 23 heavy (non-hydrogen) atoms. The summed E-state index contributed by atoms with van der Waals surface area (Å²) in [7, 11) is 0. The van der Waals surface area contributed by atoms with Crippen LogP contribution in [0, 0.1) is 0 Å². The summed E-state index contributed by atoms with van der Waals surface area (Å²) in [6.45, 7) is 0. The van der Waals surface area contributed by atoms with Crippen molar-refractivity contribution in [3.63, 3.8) is 0 Å². The van der Waals surface area contributed by atoms with Gasteiger partial charge in [-0.1, -0.05) is 24.3 Å². The maximum atomic E-state index is 12.6. The van der Waals surface area contributed by atoms with Crippen molar-refractivity contribution in [2.45, 2.75) is 6.42 Å². The third-order valence-electron chi connectivity index (χ3n) is 3.92. The van der Waals surface area contributed by atoms with Gasteiger partial charge >= 0.3 is 0 Å². The number of hydrogen-bond acceptors (Lipinski definition) is 4. The lowest BCUT2D eigenvalue weighted by Crippen LogP contribution is -2.45. The van der Waals surface area contributed by atoms with Gasteiger partial charge in [0.1, 0.15) is 0 Å². The quantitative estimate of drug-likeness (QED) is 0.739. The summed E-state index contributed by atoms with van der Waals surface area (Å²) < 4.78 is 0. The number of imide groups is 1. The predicted molar refractivity (Wildman–Crippen MR) is 86.7 cm³/mol. The first-order valence-corrected chi connectivity index (χ1v) is 7.29. The smallest absolute Gasteiger partial charge is 0.279 e. The van der Waals surface area contributed by atoms with E-state index >= 15 is 0 Å². The largest absolute Gasteiger partial charge is 0.288 e. The Balaban J connectivity index is 1.74. The van der Waals surface area contributed by atoms with E-state index in [1.54, 1.807) is 18.3 Å². The fraction of sp³-hybridized carbons (Fsp3) is 0.0556. The number of nitrogens with one attached hydrogen (secondary N) is 1. The summed E-state index contributed by atoms with van der Waals surface area (Å²) in [6.07, 6.45) is 1.91. The molecule has 3 aromatic rings. The molecular formula is C18H13N3O2. The van der Waals surface area contributed by atoms with Gasteiger partial charge in [0.2, 0.25) is 0 Å². The van der Waals surface area contributed by atoms with Crippen LogP contribution in [0.3, 0.4) is 0 Å². The van der Waals surface area contributed by atoms with Gasteiger partial charge < -0.3 is 0 Å². The maximum absolute atomic E-state index is 12.6. The van der Waals surface area contributed by atoms with Gasteiger partial charge in [0, 0.05) is 17.1 Å². The van der Waals surface area contributed by atoms with Gasteiger partial charge in [0.15, 0.2) is 0 Å². The van der Waals surface area contributed by atoms with Crippen molar-refractivity contribution in [3.8, 4) is 0 Å². The van der Waals surface area contributed by atoms with Crippen LogP contribution in [0.15, 0.2) is 60.8 Å². The predicted octanol–water partition coefficient (Wildman–Crippen LogP) is 2.79. The van der Waals surface area contributed by atoms with Crippen molar-refractivity contribution >= 4 is 28.4 Å². The topological polar surface area (TPSA) is 62.3 Å². The lowest BCUT2D eigenvalue weighted by Gasteiger charge is -2.28. The van der Waals surface area contributed by atoms with Crippen molar-refractivity contribution < 1.29 is 9.59 Å². The van der Waals surface area contributed by atoms with E-state index in [1.807, 2.05) is 42.5 Å². The molecule has 0 atom stereocenters. The summed E-state index contributed by atoms with van der Waals surface area (Å²) >= 11 is 0. The highest BCUT2D eigenvalue weighted by molar-refractivity contribution is 6.11. The third kappa shape index (κ3) is 2.23. The molecule has 2 amide bonds. The third-order valence-corrected chi connectivity index (χ3v) is 3.92. The molecule has 0 fully saturated rings. The van der Waals surface area contributed by atoms with Crippen molar-refractivity contribution in [2.75, 3.05) is 5.43 Å². The van der Waals surface area contributed by atoms with Crippen LogP contribution in [0.5, 0.6) is 0 Å². The van der Waals surface area contributed by atoms with E-state index in [0.29, 0.717) is 11.3 Å². The maximum Gasteiger partial charge on any atom is 0.279 e. The monoisotopic (exact) mass is 303 g/mol. The number of nitrogens with zero attached hydrogens (tertiary/aromatic N) is 2.